The number of hydrogen-bond acceptors (Lipinski definition) is 12. The van der Waals surface area contributed by atoms with E-state index in [0.717, 1.165) is 0 Å². The van der Waals surface area contributed by atoms with Crippen molar-refractivity contribution in [1.29, 1.82) is 0 Å². The molecule has 0 aliphatic heterocycles. The van der Waals surface area contributed by atoms with Crippen molar-refractivity contribution in [2.75, 3.05) is 0 Å². The number of fused-ring (bicyclic) bond motifs is 1. The van der Waals surface area contributed by atoms with Crippen molar-refractivity contribution in [3.63, 3.8) is 0 Å². The predicted octanol–water partition coefficient (Wildman–Crippen LogP) is -13.5. The van der Waals surface area contributed by atoms with E-state index in [2.05, 4.69) is 0 Å². The Hall–Kier alpha value is 2.34. The quantitative estimate of drug-likeness (QED) is 0.262. The molecule has 0 heterocycles. The van der Waals surface area contributed by atoms with Gasteiger partial charge < -0.3 is 18.2 Å². The summed E-state index contributed by atoms with van der Waals surface area (Å²) in [5.41, 5.74) is 0. The van der Waals surface area contributed by atoms with Crippen LogP contribution in [0.5, 0.6) is 0 Å². The molecular formula is C10H4Na4O12S4. The molecule has 0 atom stereocenters. The largest absolute Gasteiger partial charge is 1.00 e. The molecule has 0 amide bonds. The zero-order chi connectivity index (χ0) is 20.3. The third kappa shape index (κ3) is 8.84. The van der Waals surface area contributed by atoms with Gasteiger partial charge in [0.05, 0.1) is 19.6 Å². The van der Waals surface area contributed by atoms with Crippen LogP contribution in [0, 0.1) is 0 Å². The van der Waals surface area contributed by atoms with Gasteiger partial charge in [-0.3, -0.25) is 0 Å². The van der Waals surface area contributed by atoms with Crippen LogP contribution in [0.2, 0.25) is 0 Å². The van der Waals surface area contributed by atoms with E-state index in [9.17, 15) is 51.9 Å². The first-order valence-corrected chi connectivity index (χ1v) is 11.5. The van der Waals surface area contributed by atoms with E-state index >= 15 is 0 Å². The Bertz CT molecular complexity index is 1260. The van der Waals surface area contributed by atoms with Crippen molar-refractivity contribution in [2.24, 2.45) is 0 Å². The molecule has 0 fully saturated rings. The molecule has 0 radical (unpaired) electrons. The minimum absolute atomic E-state index is 0. The SMILES string of the molecule is O=S(=O)([O-])c1cc(S(=O)(=O)[O-])c2cc(S(=O)(=O)[O-])cc(S(=O)(=O)[O-])c2c1.[Na+].[Na+].[Na+].[Na+]. The molecule has 0 aliphatic carbocycles. The average molecular weight is 536 g/mol. The van der Waals surface area contributed by atoms with Gasteiger partial charge in [0.1, 0.15) is 40.5 Å². The molecule has 0 aromatic heterocycles. The van der Waals surface area contributed by atoms with Gasteiger partial charge in [0.2, 0.25) is 0 Å². The molecule has 0 saturated heterocycles. The molecule has 30 heavy (non-hydrogen) atoms. The van der Waals surface area contributed by atoms with Crippen LogP contribution in [-0.4, -0.2) is 51.9 Å². The Labute approximate surface area is 260 Å². The molecule has 0 bridgehead atoms. The van der Waals surface area contributed by atoms with Crippen LogP contribution in [0.4, 0.5) is 0 Å². The van der Waals surface area contributed by atoms with Crippen molar-refractivity contribution in [3.05, 3.63) is 24.3 Å². The molecule has 0 N–H and O–H groups in total. The number of rotatable bonds is 4. The molecule has 2 aromatic rings. The van der Waals surface area contributed by atoms with Crippen LogP contribution in [0.25, 0.3) is 10.8 Å². The predicted molar refractivity (Wildman–Crippen MR) is 75.8 cm³/mol. The molecule has 2 aromatic carbocycles. The first-order chi connectivity index (χ1) is 11.4. The minimum Gasteiger partial charge on any atom is -0.744 e. The Balaban J connectivity index is -0.00000182. The third-order valence-corrected chi connectivity index (χ3v) is 6.44. The monoisotopic (exact) mass is 536 g/mol. The van der Waals surface area contributed by atoms with Crippen LogP contribution in [0.1, 0.15) is 0 Å². The average Bonchev–Trinajstić information content (AvgIpc) is 2.40. The molecule has 12 nitrogen and oxygen atoms in total. The minimum atomic E-state index is -5.58. The summed E-state index contributed by atoms with van der Waals surface area (Å²) in [5.74, 6) is 0. The van der Waals surface area contributed by atoms with E-state index in [1.165, 1.54) is 0 Å². The van der Waals surface area contributed by atoms with Gasteiger partial charge in [0.15, 0.2) is 0 Å². The first kappa shape index (κ1) is 36.9. The van der Waals surface area contributed by atoms with Gasteiger partial charge in [0, 0.05) is 10.8 Å². The summed E-state index contributed by atoms with van der Waals surface area (Å²) in [5, 5.41) is -2.06. The Morgan fingerprint density at radius 2 is 0.667 bits per heavy atom. The maximum Gasteiger partial charge on any atom is 1.00 e. The zero-order valence-corrected chi connectivity index (χ0v) is 27.1. The van der Waals surface area contributed by atoms with Crippen molar-refractivity contribution in [3.8, 4) is 0 Å². The van der Waals surface area contributed by atoms with Crippen LogP contribution in [-0.2, 0) is 40.5 Å². The summed E-state index contributed by atoms with van der Waals surface area (Å²) < 4.78 is 135. The summed E-state index contributed by atoms with van der Waals surface area (Å²) in [7, 11) is -22.0. The number of benzene rings is 2. The Kier molecular flexibility index (Phi) is 15.2. The fraction of sp³-hybridized carbons (Fsp3) is 0. The summed E-state index contributed by atoms with van der Waals surface area (Å²) in [4.78, 5) is -5.72. The fourth-order valence-corrected chi connectivity index (χ4v) is 4.66. The molecule has 0 aliphatic rings. The van der Waals surface area contributed by atoms with Gasteiger partial charge in [-0.2, -0.15) is 0 Å². The van der Waals surface area contributed by atoms with E-state index in [4.69, 9.17) is 0 Å². The van der Waals surface area contributed by atoms with E-state index in [0.29, 0.717) is 0 Å². The number of hydrogen-bond donors (Lipinski definition) is 0. The molecular weight excluding hydrogens is 532 g/mol. The van der Waals surface area contributed by atoms with Crippen LogP contribution in [0.3, 0.4) is 0 Å². The third-order valence-electron chi connectivity index (χ3n) is 3.06. The van der Waals surface area contributed by atoms with E-state index in [1.807, 2.05) is 0 Å². The van der Waals surface area contributed by atoms with Crippen molar-refractivity contribution in [2.45, 2.75) is 19.6 Å². The van der Waals surface area contributed by atoms with Crippen molar-refractivity contribution >= 4 is 51.2 Å². The van der Waals surface area contributed by atoms with Gasteiger partial charge in [-0.1, -0.05) is 0 Å². The van der Waals surface area contributed by atoms with Crippen molar-refractivity contribution in [1.82, 2.24) is 0 Å². The first-order valence-electron chi connectivity index (χ1n) is 5.88. The zero-order valence-electron chi connectivity index (χ0n) is 15.8. The second-order valence-corrected chi connectivity index (χ2v) is 10.2. The molecule has 2 rings (SSSR count). The standard InChI is InChI=1S/C10H8O12S4.4Na/c11-23(12,13)5-1-7-8(10(3-5)26(20,21)22)2-6(24(14,15)16)4-9(7)25(17,18)19;;;;/h1-4H,(H,11,12,13)(H,14,15,16)(H,17,18,19)(H,20,21,22);;;;/q;4*+1/p-4. The van der Waals surface area contributed by atoms with Gasteiger partial charge in [-0.05, 0) is 24.3 Å². The maximum absolute atomic E-state index is 11.3. The van der Waals surface area contributed by atoms with Crippen LogP contribution in [0.15, 0.2) is 43.8 Å². The van der Waals surface area contributed by atoms with Gasteiger partial charge >= 0.3 is 118 Å². The Morgan fingerprint density at radius 3 is 0.833 bits per heavy atom. The smallest absolute Gasteiger partial charge is 0.744 e. The van der Waals surface area contributed by atoms with Crippen LogP contribution < -0.4 is 118 Å². The summed E-state index contributed by atoms with van der Waals surface area (Å²) in [6.07, 6.45) is 0. The Morgan fingerprint density at radius 1 is 0.433 bits per heavy atom. The van der Waals surface area contributed by atoms with Gasteiger partial charge in [-0.15, -0.1) is 0 Å². The molecule has 0 unspecified atom stereocenters. The second kappa shape index (κ2) is 12.3. The summed E-state index contributed by atoms with van der Waals surface area (Å²) in [6.45, 7) is 0. The molecule has 0 saturated carbocycles. The normalized spacial score (nSPS) is 12.0. The second-order valence-electron chi connectivity index (χ2n) is 4.75. The van der Waals surface area contributed by atoms with E-state index < -0.39 is 70.8 Å². The summed E-state index contributed by atoms with van der Waals surface area (Å²) in [6, 6.07) is 0.682. The van der Waals surface area contributed by atoms with Crippen molar-refractivity contribution < 1.29 is 170 Å². The summed E-state index contributed by atoms with van der Waals surface area (Å²) >= 11 is 0. The maximum atomic E-state index is 11.3. The molecule has 144 valence electrons. The molecule has 20 heteroatoms. The van der Waals surface area contributed by atoms with E-state index in [-0.39, 0.29) is 142 Å². The van der Waals surface area contributed by atoms with E-state index in [1.54, 1.807) is 0 Å². The van der Waals surface area contributed by atoms with Gasteiger partial charge in [-0.25, -0.2) is 33.7 Å². The fourth-order valence-electron chi connectivity index (χ4n) is 2.05. The topological polar surface area (TPSA) is 229 Å². The van der Waals surface area contributed by atoms with Gasteiger partial charge in [0.25, 0.3) is 0 Å². The van der Waals surface area contributed by atoms with Crippen LogP contribution >= 0.6 is 0 Å². The molecule has 0 spiro atoms.